The second-order valence-corrected chi connectivity index (χ2v) is 4.63. The highest BCUT2D eigenvalue weighted by Gasteiger charge is 2.10. The number of anilines is 3. The van der Waals surface area contributed by atoms with Gasteiger partial charge in [0.05, 0.1) is 23.2 Å². The summed E-state index contributed by atoms with van der Waals surface area (Å²) in [5.74, 6) is -0.579. The molecule has 0 bridgehead atoms. The molecule has 0 saturated carbocycles. The largest absolute Gasteiger partial charge is 0.489 e. The number of para-hydroxylation sites is 1. The van der Waals surface area contributed by atoms with Gasteiger partial charge in [0.15, 0.2) is 0 Å². The number of ether oxygens (including phenoxy) is 1. The van der Waals surface area contributed by atoms with Crippen LogP contribution in [0.1, 0.15) is 13.8 Å². The first-order valence-electron chi connectivity index (χ1n) is 6.24. The van der Waals surface area contributed by atoms with Crippen molar-refractivity contribution in [1.82, 2.24) is 0 Å². The minimum absolute atomic E-state index is 0.0263. The molecule has 0 aliphatic rings. The van der Waals surface area contributed by atoms with Gasteiger partial charge in [-0.3, -0.25) is 0 Å². The number of nitrogens with one attached hydrogen (secondary N) is 1. The standard InChI is InChI=1S/C15H16F2N2O/c1-9(2)20-14-5-3-4-12(15(14)18)19-13-8-10(16)6-7-11(13)17/h3-9,19H,18H2,1-2H3. The summed E-state index contributed by atoms with van der Waals surface area (Å²) < 4.78 is 32.3. The third kappa shape index (κ3) is 3.17. The molecule has 0 aliphatic heterocycles. The van der Waals surface area contributed by atoms with Crippen molar-refractivity contribution in [2.75, 3.05) is 11.1 Å². The second-order valence-electron chi connectivity index (χ2n) is 4.63. The number of halogens is 2. The van der Waals surface area contributed by atoms with E-state index in [2.05, 4.69) is 5.32 Å². The average molecular weight is 278 g/mol. The van der Waals surface area contributed by atoms with Crippen molar-refractivity contribution in [2.45, 2.75) is 20.0 Å². The maximum atomic E-state index is 13.6. The SMILES string of the molecule is CC(C)Oc1cccc(Nc2cc(F)ccc2F)c1N. The molecule has 2 aromatic carbocycles. The Morgan fingerprint density at radius 3 is 2.55 bits per heavy atom. The van der Waals surface area contributed by atoms with E-state index in [1.807, 2.05) is 13.8 Å². The van der Waals surface area contributed by atoms with Crippen LogP contribution in [0.4, 0.5) is 25.8 Å². The normalized spacial score (nSPS) is 10.7. The summed E-state index contributed by atoms with van der Waals surface area (Å²) in [5.41, 5.74) is 6.81. The van der Waals surface area contributed by atoms with Gasteiger partial charge in [-0.2, -0.15) is 0 Å². The van der Waals surface area contributed by atoms with E-state index in [1.165, 1.54) is 0 Å². The molecule has 5 heteroatoms. The smallest absolute Gasteiger partial charge is 0.146 e. The summed E-state index contributed by atoms with van der Waals surface area (Å²) in [6.45, 7) is 3.76. The van der Waals surface area contributed by atoms with E-state index in [9.17, 15) is 8.78 Å². The molecular formula is C15H16F2N2O. The highest BCUT2D eigenvalue weighted by molar-refractivity contribution is 5.77. The summed E-state index contributed by atoms with van der Waals surface area (Å²) in [5, 5.41) is 2.77. The van der Waals surface area contributed by atoms with Crippen LogP contribution in [0.2, 0.25) is 0 Å². The predicted octanol–water partition coefficient (Wildman–Crippen LogP) is 4.08. The quantitative estimate of drug-likeness (QED) is 0.828. The van der Waals surface area contributed by atoms with E-state index >= 15 is 0 Å². The molecule has 0 atom stereocenters. The minimum Gasteiger partial charge on any atom is -0.489 e. The molecular weight excluding hydrogens is 262 g/mol. The molecule has 0 radical (unpaired) electrons. The fourth-order valence-electron chi connectivity index (χ4n) is 1.75. The van der Waals surface area contributed by atoms with Gasteiger partial charge in [-0.15, -0.1) is 0 Å². The molecule has 0 aliphatic carbocycles. The molecule has 2 rings (SSSR count). The molecule has 0 saturated heterocycles. The summed E-state index contributed by atoms with van der Waals surface area (Å²) >= 11 is 0. The molecule has 106 valence electrons. The van der Waals surface area contributed by atoms with Crippen molar-refractivity contribution in [3.8, 4) is 5.75 Å². The summed E-state index contributed by atoms with van der Waals surface area (Å²) in [4.78, 5) is 0. The lowest BCUT2D eigenvalue weighted by Gasteiger charge is -2.16. The van der Waals surface area contributed by atoms with E-state index < -0.39 is 11.6 Å². The monoisotopic (exact) mass is 278 g/mol. The number of nitrogen functional groups attached to an aromatic ring is 1. The lowest BCUT2D eigenvalue weighted by Crippen LogP contribution is -2.08. The Morgan fingerprint density at radius 1 is 1.10 bits per heavy atom. The lowest BCUT2D eigenvalue weighted by molar-refractivity contribution is 0.244. The number of benzene rings is 2. The Labute approximate surface area is 116 Å². The van der Waals surface area contributed by atoms with Crippen molar-refractivity contribution in [3.63, 3.8) is 0 Å². The van der Waals surface area contributed by atoms with Crippen LogP contribution >= 0.6 is 0 Å². The van der Waals surface area contributed by atoms with E-state index in [0.29, 0.717) is 17.1 Å². The molecule has 0 amide bonds. The van der Waals surface area contributed by atoms with E-state index in [1.54, 1.807) is 18.2 Å². The molecule has 0 spiro atoms. The Hall–Kier alpha value is -2.30. The maximum Gasteiger partial charge on any atom is 0.146 e. The fraction of sp³-hybridized carbons (Fsp3) is 0.200. The summed E-state index contributed by atoms with van der Waals surface area (Å²) in [7, 11) is 0. The van der Waals surface area contributed by atoms with Gasteiger partial charge in [-0.1, -0.05) is 6.07 Å². The van der Waals surface area contributed by atoms with E-state index in [-0.39, 0.29) is 11.8 Å². The highest BCUT2D eigenvalue weighted by Crippen LogP contribution is 2.33. The first kappa shape index (κ1) is 14.1. The van der Waals surface area contributed by atoms with Crippen LogP contribution in [0, 0.1) is 11.6 Å². The van der Waals surface area contributed by atoms with Gasteiger partial charge in [0, 0.05) is 6.07 Å². The lowest BCUT2D eigenvalue weighted by atomic mass is 10.2. The Balaban J connectivity index is 2.32. The van der Waals surface area contributed by atoms with Crippen molar-refractivity contribution in [3.05, 3.63) is 48.0 Å². The minimum atomic E-state index is -0.555. The number of nitrogens with two attached hydrogens (primary N) is 1. The van der Waals surface area contributed by atoms with Gasteiger partial charge in [0.25, 0.3) is 0 Å². The van der Waals surface area contributed by atoms with Gasteiger partial charge in [-0.25, -0.2) is 8.78 Å². The highest BCUT2D eigenvalue weighted by atomic mass is 19.1. The molecule has 0 unspecified atom stereocenters. The molecule has 0 heterocycles. The number of rotatable bonds is 4. The van der Waals surface area contributed by atoms with Gasteiger partial charge >= 0.3 is 0 Å². The average Bonchev–Trinajstić information content (AvgIpc) is 2.38. The predicted molar refractivity (Wildman–Crippen MR) is 76.3 cm³/mol. The number of hydrogen-bond donors (Lipinski definition) is 2. The molecule has 0 aromatic heterocycles. The first-order valence-corrected chi connectivity index (χ1v) is 6.24. The zero-order valence-corrected chi connectivity index (χ0v) is 11.3. The van der Waals surface area contributed by atoms with Crippen LogP contribution < -0.4 is 15.8 Å². The second kappa shape index (κ2) is 5.77. The van der Waals surface area contributed by atoms with Crippen molar-refractivity contribution >= 4 is 17.1 Å². The Morgan fingerprint density at radius 2 is 1.85 bits per heavy atom. The van der Waals surface area contributed by atoms with Crippen LogP contribution in [0.5, 0.6) is 5.75 Å². The Kier molecular flexibility index (Phi) is 4.08. The van der Waals surface area contributed by atoms with Gasteiger partial charge < -0.3 is 15.8 Å². The molecule has 0 fully saturated rings. The van der Waals surface area contributed by atoms with Crippen LogP contribution in [-0.2, 0) is 0 Å². The van der Waals surface area contributed by atoms with Gasteiger partial charge in [0.1, 0.15) is 17.4 Å². The summed E-state index contributed by atoms with van der Waals surface area (Å²) in [6.07, 6.45) is -0.0292. The molecule has 2 aromatic rings. The van der Waals surface area contributed by atoms with Crippen LogP contribution in [-0.4, -0.2) is 6.10 Å². The number of hydrogen-bond acceptors (Lipinski definition) is 3. The first-order chi connectivity index (χ1) is 9.47. The third-order valence-corrected chi connectivity index (χ3v) is 2.63. The van der Waals surface area contributed by atoms with Crippen molar-refractivity contribution in [2.24, 2.45) is 0 Å². The zero-order valence-electron chi connectivity index (χ0n) is 11.3. The van der Waals surface area contributed by atoms with Gasteiger partial charge in [0.2, 0.25) is 0 Å². The van der Waals surface area contributed by atoms with Crippen LogP contribution in [0.3, 0.4) is 0 Å². The molecule has 3 nitrogen and oxygen atoms in total. The maximum absolute atomic E-state index is 13.6. The zero-order chi connectivity index (χ0) is 14.7. The van der Waals surface area contributed by atoms with Crippen molar-refractivity contribution in [1.29, 1.82) is 0 Å². The van der Waals surface area contributed by atoms with E-state index in [0.717, 1.165) is 18.2 Å². The molecule has 3 N–H and O–H groups in total. The van der Waals surface area contributed by atoms with Crippen LogP contribution in [0.25, 0.3) is 0 Å². The van der Waals surface area contributed by atoms with Gasteiger partial charge in [-0.05, 0) is 38.1 Å². The van der Waals surface area contributed by atoms with E-state index in [4.69, 9.17) is 10.5 Å². The van der Waals surface area contributed by atoms with Crippen molar-refractivity contribution < 1.29 is 13.5 Å². The topological polar surface area (TPSA) is 47.3 Å². The Bertz CT molecular complexity index is 615. The fourth-order valence-corrected chi connectivity index (χ4v) is 1.75. The summed E-state index contributed by atoms with van der Waals surface area (Å²) in [6, 6.07) is 8.32. The third-order valence-electron chi connectivity index (χ3n) is 2.63. The molecule has 20 heavy (non-hydrogen) atoms. The van der Waals surface area contributed by atoms with Crippen LogP contribution in [0.15, 0.2) is 36.4 Å².